The minimum Gasteiger partial charge on any atom is -0.373 e. The number of rotatable bonds is 3. The molecule has 3 nitrogen and oxygen atoms in total. The van der Waals surface area contributed by atoms with Gasteiger partial charge >= 0.3 is 0 Å². The molecule has 0 bridgehead atoms. The maximum Gasteiger partial charge on any atom is 0.125 e. The third kappa shape index (κ3) is 2.45. The van der Waals surface area contributed by atoms with Crippen LogP contribution in [0.1, 0.15) is 22.7 Å². The molecule has 2 aromatic rings. The van der Waals surface area contributed by atoms with E-state index in [2.05, 4.69) is 17.2 Å². The Morgan fingerprint density at radius 2 is 1.94 bits per heavy atom. The van der Waals surface area contributed by atoms with Crippen LogP contribution in [0, 0.1) is 6.92 Å². The molecule has 1 aromatic heterocycles. The topological polar surface area (TPSA) is 50.9 Å². The van der Waals surface area contributed by atoms with Gasteiger partial charge in [0.05, 0.1) is 6.04 Å². The number of hydrogen-bond acceptors (Lipinski definition) is 3. The van der Waals surface area contributed by atoms with Crippen LogP contribution < -0.4 is 11.1 Å². The lowest BCUT2D eigenvalue weighted by Crippen LogP contribution is -2.13. The number of nitrogens with two attached hydrogens (primary N) is 1. The average Bonchev–Trinajstić information content (AvgIpc) is 2.39. The zero-order valence-electron chi connectivity index (χ0n) is 10.1. The first-order valence-corrected chi connectivity index (χ1v) is 5.67. The minimum absolute atomic E-state index is 0.116. The molecule has 1 heterocycles. The van der Waals surface area contributed by atoms with E-state index in [4.69, 9.17) is 5.73 Å². The fraction of sp³-hybridized carbons (Fsp3) is 0.214. The molecule has 0 fully saturated rings. The summed E-state index contributed by atoms with van der Waals surface area (Å²) >= 11 is 0. The van der Waals surface area contributed by atoms with Crippen LogP contribution >= 0.6 is 0 Å². The predicted molar refractivity (Wildman–Crippen MR) is 71.0 cm³/mol. The van der Waals surface area contributed by atoms with E-state index in [1.807, 2.05) is 49.6 Å². The molecule has 0 saturated carbocycles. The fourth-order valence-electron chi connectivity index (χ4n) is 1.87. The number of nitrogens with zero attached hydrogens (tertiary/aromatic N) is 1. The number of anilines is 1. The zero-order valence-corrected chi connectivity index (χ0v) is 10.1. The van der Waals surface area contributed by atoms with Crippen LogP contribution in [0.25, 0.3) is 0 Å². The summed E-state index contributed by atoms with van der Waals surface area (Å²) in [6, 6.07) is 12.0. The molecule has 88 valence electrons. The van der Waals surface area contributed by atoms with Gasteiger partial charge in [0.25, 0.3) is 0 Å². The van der Waals surface area contributed by atoms with Crippen molar-refractivity contribution in [3.63, 3.8) is 0 Å². The van der Waals surface area contributed by atoms with Crippen LogP contribution in [0.15, 0.2) is 42.6 Å². The van der Waals surface area contributed by atoms with Crippen LogP contribution in [-0.4, -0.2) is 12.0 Å². The third-order valence-corrected chi connectivity index (χ3v) is 2.90. The molecule has 1 atom stereocenters. The van der Waals surface area contributed by atoms with Gasteiger partial charge < -0.3 is 11.1 Å². The number of hydrogen-bond donors (Lipinski definition) is 2. The lowest BCUT2D eigenvalue weighted by molar-refractivity contribution is 0.853. The van der Waals surface area contributed by atoms with E-state index in [0.29, 0.717) is 0 Å². The summed E-state index contributed by atoms with van der Waals surface area (Å²) in [5, 5.41) is 3.02. The van der Waals surface area contributed by atoms with Crippen LogP contribution in [0.5, 0.6) is 0 Å². The standard InChI is InChI=1S/C14H17N3/c1-10-8-13(16-2)17-9-12(10)14(15)11-6-4-3-5-7-11/h3-9,14H,15H2,1-2H3,(H,16,17)/t14-/m0/s1. The maximum absolute atomic E-state index is 6.25. The summed E-state index contributed by atoms with van der Waals surface area (Å²) in [4.78, 5) is 4.31. The van der Waals surface area contributed by atoms with Crippen LogP contribution in [0.4, 0.5) is 5.82 Å². The Bertz CT molecular complexity index is 494. The quantitative estimate of drug-likeness (QED) is 0.847. The molecule has 1 aromatic carbocycles. The summed E-state index contributed by atoms with van der Waals surface area (Å²) in [5.41, 5.74) is 9.57. The summed E-state index contributed by atoms with van der Waals surface area (Å²) < 4.78 is 0. The lowest BCUT2D eigenvalue weighted by Gasteiger charge is -2.15. The normalized spacial score (nSPS) is 12.2. The molecule has 0 amide bonds. The van der Waals surface area contributed by atoms with Gasteiger partial charge in [0.15, 0.2) is 0 Å². The van der Waals surface area contributed by atoms with Crippen molar-refractivity contribution in [2.45, 2.75) is 13.0 Å². The highest BCUT2D eigenvalue weighted by atomic mass is 14.9. The minimum atomic E-state index is -0.116. The number of pyridine rings is 1. The van der Waals surface area contributed by atoms with E-state index in [1.54, 1.807) is 0 Å². The Morgan fingerprint density at radius 3 is 2.53 bits per heavy atom. The molecule has 3 N–H and O–H groups in total. The molecule has 17 heavy (non-hydrogen) atoms. The molecule has 0 spiro atoms. The molecular weight excluding hydrogens is 210 g/mol. The number of aromatic nitrogens is 1. The molecular formula is C14H17N3. The van der Waals surface area contributed by atoms with Gasteiger partial charge in [0.1, 0.15) is 5.82 Å². The average molecular weight is 227 g/mol. The van der Waals surface area contributed by atoms with Crippen molar-refractivity contribution in [2.75, 3.05) is 12.4 Å². The molecule has 0 unspecified atom stereocenters. The SMILES string of the molecule is CNc1cc(C)c([C@@H](N)c2ccccc2)cn1. The molecule has 0 aliphatic rings. The molecule has 0 aliphatic heterocycles. The Kier molecular flexibility index (Phi) is 3.40. The second-order valence-electron chi connectivity index (χ2n) is 4.06. The number of nitrogens with one attached hydrogen (secondary N) is 1. The van der Waals surface area contributed by atoms with E-state index in [9.17, 15) is 0 Å². The summed E-state index contributed by atoms with van der Waals surface area (Å²) in [5.74, 6) is 0.867. The molecule has 0 aliphatic carbocycles. The van der Waals surface area contributed by atoms with E-state index < -0.39 is 0 Å². The van der Waals surface area contributed by atoms with Gasteiger partial charge in [-0.15, -0.1) is 0 Å². The molecule has 2 rings (SSSR count). The third-order valence-electron chi connectivity index (χ3n) is 2.90. The van der Waals surface area contributed by atoms with Gasteiger partial charge in [-0.1, -0.05) is 30.3 Å². The zero-order chi connectivity index (χ0) is 12.3. The fourth-order valence-corrected chi connectivity index (χ4v) is 1.87. The largest absolute Gasteiger partial charge is 0.373 e. The van der Waals surface area contributed by atoms with Gasteiger partial charge in [-0.3, -0.25) is 0 Å². The first-order chi connectivity index (χ1) is 8.22. The smallest absolute Gasteiger partial charge is 0.125 e. The summed E-state index contributed by atoms with van der Waals surface area (Å²) in [6.07, 6.45) is 1.85. The Hall–Kier alpha value is -1.87. The van der Waals surface area contributed by atoms with Crippen LogP contribution in [0.2, 0.25) is 0 Å². The lowest BCUT2D eigenvalue weighted by atomic mass is 9.97. The number of benzene rings is 1. The highest BCUT2D eigenvalue weighted by molar-refractivity contribution is 5.43. The number of aryl methyl sites for hydroxylation is 1. The first kappa shape index (κ1) is 11.6. The molecule has 0 saturated heterocycles. The Labute approximate surface area is 102 Å². The highest BCUT2D eigenvalue weighted by Gasteiger charge is 2.11. The molecule has 3 heteroatoms. The second-order valence-corrected chi connectivity index (χ2v) is 4.06. The van der Waals surface area contributed by atoms with Crippen molar-refractivity contribution in [3.8, 4) is 0 Å². The van der Waals surface area contributed by atoms with Gasteiger partial charge in [-0.25, -0.2) is 4.98 Å². The van der Waals surface area contributed by atoms with E-state index in [1.165, 1.54) is 0 Å². The van der Waals surface area contributed by atoms with Crippen molar-refractivity contribution in [1.82, 2.24) is 4.98 Å². The van der Waals surface area contributed by atoms with Gasteiger partial charge in [-0.05, 0) is 29.7 Å². The van der Waals surface area contributed by atoms with Crippen molar-refractivity contribution in [1.29, 1.82) is 0 Å². The van der Waals surface area contributed by atoms with E-state index in [-0.39, 0.29) is 6.04 Å². The first-order valence-electron chi connectivity index (χ1n) is 5.67. The van der Waals surface area contributed by atoms with Gasteiger partial charge in [0, 0.05) is 13.2 Å². The molecule has 0 radical (unpaired) electrons. The van der Waals surface area contributed by atoms with Crippen molar-refractivity contribution < 1.29 is 0 Å². The van der Waals surface area contributed by atoms with Crippen LogP contribution in [-0.2, 0) is 0 Å². The van der Waals surface area contributed by atoms with E-state index in [0.717, 1.165) is 22.5 Å². The highest BCUT2D eigenvalue weighted by Crippen LogP contribution is 2.23. The van der Waals surface area contributed by atoms with Crippen LogP contribution in [0.3, 0.4) is 0 Å². The van der Waals surface area contributed by atoms with Crippen molar-refractivity contribution in [2.24, 2.45) is 5.73 Å². The summed E-state index contributed by atoms with van der Waals surface area (Å²) in [6.45, 7) is 2.06. The monoisotopic (exact) mass is 227 g/mol. The van der Waals surface area contributed by atoms with Crippen molar-refractivity contribution in [3.05, 3.63) is 59.3 Å². The van der Waals surface area contributed by atoms with Crippen molar-refractivity contribution >= 4 is 5.82 Å². The second kappa shape index (κ2) is 4.97. The van der Waals surface area contributed by atoms with Gasteiger partial charge in [-0.2, -0.15) is 0 Å². The van der Waals surface area contributed by atoms with E-state index >= 15 is 0 Å². The Balaban J connectivity index is 2.34. The predicted octanol–water partition coefficient (Wildman–Crippen LogP) is 2.48. The Morgan fingerprint density at radius 1 is 1.24 bits per heavy atom. The maximum atomic E-state index is 6.25. The van der Waals surface area contributed by atoms with Gasteiger partial charge in [0.2, 0.25) is 0 Å². The summed E-state index contributed by atoms with van der Waals surface area (Å²) in [7, 11) is 1.86.